The number of halogens is 2. The van der Waals surface area contributed by atoms with Gasteiger partial charge in [0.15, 0.2) is 0 Å². The summed E-state index contributed by atoms with van der Waals surface area (Å²) in [6, 6.07) is 9.20. The van der Waals surface area contributed by atoms with Gasteiger partial charge in [-0.15, -0.1) is 0 Å². The molecule has 0 spiro atoms. The number of aliphatic hydroxyl groups excluding tert-OH is 1. The summed E-state index contributed by atoms with van der Waals surface area (Å²) in [6.45, 7) is 0.692. The van der Waals surface area contributed by atoms with Gasteiger partial charge in [-0.25, -0.2) is 0 Å². The van der Waals surface area contributed by atoms with Crippen LogP contribution in [0.5, 0.6) is 5.75 Å². The summed E-state index contributed by atoms with van der Waals surface area (Å²) in [5.74, 6) is 0.893. The van der Waals surface area contributed by atoms with Crippen molar-refractivity contribution in [3.05, 3.63) is 56.5 Å². The lowest BCUT2D eigenvalue weighted by molar-refractivity contribution is 0.178. The summed E-state index contributed by atoms with van der Waals surface area (Å²) < 4.78 is 6.68. The van der Waals surface area contributed by atoms with E-state index < -0.39 is 6.10 Å². The third-order valence-corrected chi connectivity index (χ3v) is 4.34. The Morgan fingerprint density at radius 2 is 2.14 bits per heavy atom. The van der Waals surface area contributed by atoms with Gasteiger partial charge in [0.2, 0.25) is 0 Å². The minimum absolute atomic E-state index is 0.452. The first-order valence-corrected chi connectivity index (χ1v) is 7.89. The number of anilines is 1. The normalized spacial score (nSPS) is 14.6. The van der Waals surface area contributed by atoms with E-state index >= 15 is 0 Å². The Balaban J connectivity index is 1.90. The van der Waals surface area contributed by atoms with Gasteiger partial charge < -0.3 is 15.6 Å². The molecule has 1 unspecified atom stereocenters. The smallest absolute Gasteiger partial charge is 0.125 e. The monoisotopic (exact) mass is 367 g/mol. The molecule has 0 saturated carbocycles. The van der Waals surface area contributed by atoms with Gasteiger partial charge in [0.25, 0.3) is 0 Å². The molecule has 5 heteroatoms. The van der Waals surface area contributed by atoms with Crippen molar-refractivity contribution in [1.82, 2.24) is 0 Å². The highest BCUT2D eigenvalue weighted by Gasteiger charge is 2.21. The van der Waals surface area contributed by atoms with Gasteiger partial charge in [0.1, 0.15) is 5.75 Å². The van der Waals surface area contributed by atoms with Crippen LogP contribution in [0.3, 0.4) is 0 Å². The molecule has 21 heavy (non-hydrogen) atoms. The van der Waals surface area contributed by atoms with E-state index in [1.807, 2.05) is 6.07 Å². The molecule has 1 atom stereocenters. The van der Waals surface area contributed by atoms with Crippen molar-refractivity contribution in [1.29, 1.82) is 0 Å². The Labute approximate surface area is 136 Å². The maximum absolute atomic E-state index is 10.5. The van der Waals surface area contributed by atoms with Crippen molar-refractivity contribution in [3.63, 3.8) is 0 Å². The second kappa shape index (κ2) is 5.87. The fourth-order valence-electron chi connectivity index (χ4n) is 2.66. The molecule has 1 heterocycles. The van der Waals surface area contributed by atoms with E-state index in [9.17, 15) is 5.11 Å². The zero-order chi connectivity index (χ0) is 15.0. The number of ether oxygens (including phenoxy) is 1. The van der Waals surface area contributed by atoms with Crippen LogP contribution in [0, 0.1) is 0 Å². The number of hydrogen-bond acceptors (Lipinski definition) is 3. The van der Waals surface area contributed by atoms with E-state index in [1.165, 1.54) is 5.56 Å². The first-order chi connectivity index (χ1) is 10.0. The van der Waals surface area contributed by atoms with Gasteiger partial charge in [-0.3, -0.25) is 0 Å². The molecule has 1 aliphatic rings. The lowest BCUT2D eigenvalue weighted by Crippen LogP contribution is -2.06. The molecule has 0 fully saturated rings. The predicted octanol–water partition coefficient (Wildman–Crippen LogP) is 3.90. The number of fused-ring (bicyclic) bond motifs is 1. The Bertz CT molecular complexity index is 690. The van der Waals surface area contributed by atoms with Gasteiger partial charge >= 0.3 is 0 Å². The maximum Gasteiger partial charge on any atom is 0.125 e. The summed E-state index contributed by atoms with van der Waals surface area (Å²) in [7, 11) is 0. The number of benzene rings is 2. The molecule has 2 aromatic carbocycles. The first-order valence-electron chi connectivity index (χ1n) is 6.71. The summed E-state index contributed by atoms with van der Waals surface area (Å²) in [5, 5.41) is 11.0. The fourth-order valence-corrected chi connectivity index (χ4v) is 3.40. The molecule has 0 amide bonds. The number of rotatable bonds is 3. The third-order valence-electron chi connectivity index (χ3n) is 3.65. The van der Waals surface area contributed by atoms with E-state index in [2.05, 4.69) is 22.0 Å². The van der Waals surface area contributed by atoms with Crippen LogP contribution in [-0.4, -0.2) is 11.7 Å². The van der Waals surface area contributed by atoms with Gasteiger partial charge in [-0.2, -0.15) is 0 Å². The Hall–Kier alpha value is -1.23. The number of aliphatic hydroxyl groups is 1. The summed E-state index contributed by atoms with van der Waals surface area (Å²) in [6.07, 6.45) is 0.666. The average Bonchev–Trinajstić information content (AvgIpc) is 2.86. The van der Waals surface area contributed by atoms with E-state index in [-0.39, 0.29) is 0 Å². The Morgan fingerprint density at radius 3 is 2.90 bits per heavy atom. The number of hydrogen-bond donors (Lipinski definition) is 2. The van der Waals surface area contributed by atoms with Crippen LogP contribution in [0.15, 0.2) is 34.8 Å². The second-order valence-corrected chi connectivity index (χ2v) is 6.50. The molecule has 0 bridgehead atoms. The summed E-state index contributed by atoms with van der Waals surface area (Å²) in [4.78, 5) is 0. The fraction of sp³-hybridized carbons (Fsp3) is 0.250. The maximum atomic E-state index is 10.5. The summed E-state index contributed by atoms with van der Waals surface area (Å²) in [5.41, 5.74) is 9.28. The van der Waals surface area contributed by atoms with Crippen LogP contribution in [0.1, 0.15) is 22.8 Å². The molecule has 1 aliphatic heterocycles. The molecule has 3 N–H and O–H groups in total. The molecule has 0 aromatic heterocycles. The van der Waals surface area contributed by atoms with Crippen molar-refractivity contribution in [3.8, 4) is 5.75 Å². The quantitative estimate of drug-likeness (QED) is 0.808. The zero-order valence-corrected chi connectivity index (χ0v) is 13.6. The van der Waals surface area contributed by atoms with Crippen LogP contribution in [0.25, 0.3) is 0 Å². The van der Waals surface area contributed by atoms with Crippen LogP contribution < -0.4 is 10.5 Å². The highest BCUT2D eigenvalue weighted by Crippen LogP contribution is 2.36. The zero-order valence-electron chi connectivity index (χ0n) is 11.3. The van der Waals surface area contributed by atoms with E-state index in [0.29, 0.717) is 29.3 Å². The lowest BCUT2D eigenvalue weighted by atomic mass is 9.98. The molecule has 110 valence electrons. The van der Waals surface area contributed by atoms with Gasteiger partial charge in [-0.05, 0) is 35.4 Å². The molecule has 3 nitrogen and oxygen atoms in total. The molecule has 3 rings (SSSR count). The average molecular weight is 369 g/mol. The minimum atomic E-state index is -0.690. The Morgan fingerprint density at radius 1 is 1.33 bits per heavy atom. The highest BCUT2D eigenvalue weighted by atomic mass is 79.9. The largest absolute Gasteiger partial charge is 0.493 e. The molecular weight excluding hydrogens is 354 g/mol. The van der Waals surface area contributed by atoms with Crippen molar-refractivity contribution >= 4 is 33.2 Å². The molecule has 2 aromatic rings. The lowest BCUT2D eigenvalue weighted by Gasteiger charge is -2.16. The molecular formula is C16H15BrClNO2. The number of nitrogens with two attached hydrogens (primary N) is 1. The molecule has 0 aliphatic carbocycles. The van der Waals surface area contributed by atoms with E-state index in [0.717, 1.165) is 22.2 Å². The van der Waals surface area contributed by atoms with Crippen molar-refractivity contribution < 1.29 is 9.84 Å². The van der Waals surface area contributed by atoms with Crippen LogP contribution >= 0.6 is 27.5 Å². The third kappa shape index (κ3) is 3.03. The number of nitrogen functional groups attached to an aromatic ring is 1. The van der Waals surface area contributed by atoms with Crippen LogP contribution in [0.4, 0.5) is 5.69 Å². The van der Waals surface area contributed by atoms with Gasteiger partial charge in [0.05, 0.1) is 12.7 Å². The van der Waals surface area contributed by atoms with Crippen LogP contribution in [0.2, 0.25) is 5.02 Å². The first kappa shape index (κ1) is 14.7. The van der Waals surface area contributed by atoms with Crippen molar-refractivity contribution in [2.75, 3.05) is 12.3 Å². The predicted molar refractivity (Wildman–Crippen MR) is 87.9 cm³/mol. The van der Waals surface area contributed by atoms with Crippen LogP contribution in [-0.2, 0) is 12.8 Å². The highest BCUT2D eigenvalue weighted by molar-refractivity contribution is 9.10. The SMILES string of the molecule is Nc1cc(Cl)ccc1C(O)Cc1cc(Br)cc2c1OCC2. The topological polar surface area (TPSA) is 55.5 Å². The van der Waals surface area contributed by atoms with Gasteiger partial charge in [-0.1, -0.05) is 33.6 Å². The van der Waals surface area contributed by atoms with Gasteiger partial charge in [0, 0.05) is 33.6 Å². The molecule has 0 saturated heterocycles. The van der Waals surface area contributed by atoms with E-state index in [4.69, 9.17) is 22.1 Å². The minimum Gasteiger partial charge on any atom is -0.493 e. The van der Waals surface area contributed by atoms with E-state index in [1.54, 1.807) is 18.2 Å². The van der Waals surface area contributed by atoms with Crippen molar-refractivity contribution in [2.45, 2.75) is 18.9 Å². The molecule has 0 radical (unpaired) electrons. The van der Waals surface area contributed by atoms with Crippen molar-refractivity contribution in [2.24, 2.45) is 0 Å². The second-order valence-electron chi connectivity index (χ2n) is 5.14. The standard InChI is InChI=1S/C16H15BrClNO2/c17-11-5-9-3-4-21-16(9)10(6-11)7-15(20)13-2-1-12(18)8-14(13)19/h1-2,5-6,8,15,20H,3-4,7,19H2. The Kier molecular flexibility index (Phi) is 4.11. The summed E-state index contributed by atoms with van der Waals surface area (Å²) >= 11 is 9.40.